The molecule has 0 bridgehead atoms. The summed E-state index contributed by atoms with van der Waals surface area (Å²) >= 11 is 6.22. The number of phenolic OH excluding ortho intramolecular Hbond substituents is 1. The van der Waals surface area contributed by atoms with Crippen LogP contribution in [0.5, 0.6) is 5.75 Å². The van der Waals surface area contributed by atoms with E-state index in [2.05, 4.69) is 11.5 Å². The molecule has 2 aliphatic carbocycles. The second kappa shape index (κ2) is 7.50. The second-order valence-corrected chi connectivity index (χ2v) is 10.8. The Morgan fingerprint density at radius 1 is 1.03 bits per heavy atom. The summed E-state index contributed by atoms with van der Waals surface area (Å²) in [5, 5.41) is 11.6. The molecule has 0 amide bonds. The fourth-order valence-corrected chi connectivity index (χ4v) is 7.14. The van der Waals surface area contributed by atoms with Gasteiger partial charge in [-0.05, 0) is 97.7 Å². The Balaban J connectivity index is 1.56. The van der Waals surface area contributed by atoms with Gasteiger partial charge in [-0.1, -0.05) is 18.5 Å². The van der Waals surface area contributed by atoms with Crippen molar-refractivity contribution >= 4 is 22.5 Å². The molecule has 0 radical (unpaired) electrons. The van der Waals surface area contributed by atoms with Crippen LogP contribution in [-0.4, -0.2) is 22.9 Å². The molecule has 1 saturated heterocycles. The molecule has 2 saturated carbocycles. The third-order valence-electron chi connectivity index (χ3n) is 8.13. The Morgan fingerprint density at radius 2 is 1.78 bits per heavy atom. The van der Waals surface area contributed by atoms with Crippen LogP contribution in [0.1, 0.15) is 68.5 Å². The van der Waals surface area contributed by atoms with Crippen molar-refractivity contribution < 1.29 is 14.2 Å². The zero-order valence-electron chi connectivity index (χ0n) is 18.4. The number of rotatable bonds is 3. The fraction of sp³-hybridized carbons (Fsp3) is 0.481. The van der Waals surface area contributed by atoms with E-state index < -0.39 is 5.82 Å². The first-order chi connectivity index (χ1) is 15.4. The number of aromatic nitrogens is 1. The topological polar surface area (TPSA) is 34.4 Å². The maximum absolute atomic E-state index is 14.0. The van der Waals surface area contributed by atoms with Gasteiger partial charge in [0, 0.05) is 35.9 Å². The maximum Gasteiger partial charge on any atom is 0.141 e. The highest BCUT2D eigenvalue weighted by Crippen LogP contribution is 2.65. The van der Waals surface area contributed by atoms with Crippen molar-refractivity contribution in [2.75, 3.05) is 13.2 Å². The van der Waals surface area contributed by atoms with E-state index in [1.54, 1.807) is 12.1 Å². The summed E-state index contributed by atoms with van der Waals surface area (Å²) in [4.78, 5) is 0. The standard InChI is InChI=1S/C27H29ClFNO2/c1-16-12-27(13-16)14-18(15-27)25-21-11-20(31)3-5-24(21)30(19-2-4-23(29)22(28)10-19)26(25)17-6-8-32-9-7-17/h2-5,10-11,16-18,31H,6-9,12-15H2,1H3. The van der Waals surface area contributed by atoms with Crippen molar-refractivity contribution in [3.8, 4) is 11.4 Å². The first kappa shape index (κ1) is 20.6. The van der Waals surface area contributed by atoms with E-state index in [1.165, 1.54) is 43.0 Å². The van der Waals surface area contributed by atoms with Gasteiger partial charge < -0.3 is 14.4 Å². The Kier molecular flexibility index (Phi) is 4.82. The van der Waals surface area contributed by atoms with Crippen LogP contribution in [0.2, 0.25) is 5.02 Å². The Morgan fingerprint density at radius 3 is 2.47 bits per heavy atom. The van der Waals surface area contributed by atoms with Gasteiger partial charge in [0.2, 0.25) is 0 Å². The van der Waals surface area contributed by atoms with Crippen LogP contribution < -0.4 is 0 Å². The number of halogens is 2. The Bertz CT molecular complexity index is 1180. The second-order valence-electron chi connectivity index (χ2n) is 10.4. The number of phenols is 1. The van der Waals surface area contributed by atoms with E-state index >= 15 is 0 Å². The van der Waals surface area contributed by atoms with Gasteiger partial charge in [0.15, 0.2) is 0 Å². The SMILES string of the molecule is CC1CC2(C1)CC(c1c(C3CCOCC3)n(-c3ccc(F)c(Cl)c3)c3ccc(O)cc13)C2. The molecule has 3 nitrogen and oxygen atoms in total. The lowest BCUT2D eigenvalue weighted by atomic mass is 9.47. The third-order valence-corrected chi connectivity index (χ3v) is 8.42. The molecule has 168 valence electrons. The van der Waals surface area contributed by atoms with E-state index in [0.29, 0.717) is 17.3 Å². The first-order valence-electron chi connectivity index (χ1n) is 11.8. The molecule has 2 aromatic carbocycles. The summed E-state index contributed by atoms with van der Waals surface area (Å²) in [6, 6.07) is 10.7. The number of aromatic hydroxyl groups is 1. The minimum Gasteiger partial charge on any atom is -0.508 e. The van der Waals surface area contributed by atoms with E-state index in [4.69, 9.17) is 16.3 Å². The fourth-order valence-electron chi connectivity index (χ4n) is 6.97. The maximum atomic E-state index is 14.0. The predicted molar refractivity (Wildman–Crippen MR) is 126 cm³/mol. The Labute approximate surface area is 193 Å². The summed E-state index contributed by atoms with van der Waals surface area (Å²) in [5.41, 5.74) is 5.16. The lowest BCUT2D eigenvalue weighted by molar-refractivity contribution is -0.0342. The average Bonchev–Trinajstić information content (AvgIpc) is 3.06. The molecule has 1 N–H and O–H groups in total. The number of hydrogen-bond donors (Lipinski definition) is 1. The molecule has 0 unspecified atom stereocenters. The van der Waals surface area contributed by atoms with Crippen LogP contribution in [0.4, 0.5) is 4.39 Å². The van der Waals surface area contributed by atoms with Crippen LogP contribution >= 0.6 is 11.6 Å². The number of ether oxygens (including phenoxy) is 1. The van der Waals surface area contributed by atoms with E-state index in [0.717, 1.165) is 48.6 Å². The van der Waals surface area contributed by atoms with Gasteiger partial charge in [-0.3, -0.25) is 0 Å². The molecule has 3 fully saturated rings. The van der Waals surface area contributed by atoms with Gasteiger partial charge in [0.25, 0.3) is 0 Å². The van der Waals surface area contributed by atoms with Crippen LogP contribution in [0.25, 0.3) is 16.6 Å². The summed E-state index contributed by atoms with van der Waals surface area (Å²) in [6.07, 6.45) is 7.08. The summed E-state index contributed by atoms with van der Waals surface area (Å²) in [5.74, 6) is 1.60. The molecule has 1 spiro atoms. The highest BCUT2D eigenvalue weighted by Gasteiger charge is 2.52. The van der Waals surface area contributed by atoms with Crippen LogP contribution in [0, 0.1) is 17.2 Å². The molecule has 0 atom stereocenters. The molecular weight excluding hydrogens is 425 g/mol. The molecule has 6 rings (SSSR count). The molecule has 3 aromatic rings. The monoisotopic (exact) mass is 453 g/mol. The van der Waals surface area contributed by atoms with E-state index in [9.17, 15) is 9.50 Å². The zero-order valence-corrected chi connectivity index (χ0v) is 19.2. The molecule has 5 heteroatoms. The van der Waals surface area contributed by atoms with Crippen LogP contribution in [0.15, 0.2) is 36.4 Å². The molecule has 1 aromatic heterocycles. The normalized spacial score (nSPS) is 28.1. The summed E-state index contributed by atoms with van der Waals surface area (Å²) in [6.45, 7) is 3.87. The first-order valence-corrected chi connectivity index (χ1v) is 12.2. The lowest BCUT2D eigenvalue weighted by Gasteiger charge is -2.57. The predicted octanol–water partition coefficient (Wildman–Crippen LogP) is 7.32. The highest BCUT2D eigenvalue weighted by molar-refractivity contribution is 6.30. The minimum atomic E-state index is -0.405. The van der Waals surface area contributed by atoms with Gasteiger partial charge in [-0.15, -0.1) is 0 Å². The average molecular weight is 454 g/mol. The quantitative estimate of drug-likeness (QED) is 0.451. The lowest BCUT2D eigenvalue weighted by Crippen LogP contribution is -2.45. The molecule has 32 heavy (non-hydrogen) atoms. The number of benzene rings is 2. The molecule has 3 aliphatic rings. The van der Waals surface area contributed by atoms with Crippen molar-refractivity contribution in [2.24, 2.45) is 11.3 Å². The number of fused-ring (bicyclic) bond motifs is 1. The van der Waals surface area contributed by atoms with Gasteiger partial charge in [-0.25, -0.2) is 4.39 Å². The summed E-state index contributed by atoms with van der Waals surface area (Å²) < 4.78 is 22.0. The van der Waals surface area contributed by atoms with Crippen molar-refractivity contribution in [1.29, 1.82) is 0 Å². The number of nitrogens with zero attached hydrogens (tertiary/aromatic N) is 1. The van der Waals surface area contributed by atoms with Gasteiger partial charge in [0.1, 0.15) is 11.6 Å². The molecule has 2 heterocycles. The van der Waals surface area contributed by atoms with Crippen molar-refractivity contribution in [3.63, 3.8) is 0 Å². The van der Waals surface area contributed by atoms with Crippen molar-refractivity contribution in [3.05, 3.63) is 58.5 Å². The van der Waals surface area contributed by atoms with Crippen molar-refractivity contribution in [1.82, 2.24) is 4.57 Å². The third kappa shape index (κ3) is 3.18. The zero-order chi connectivity index (χ0) is 22.0. The van der Waals surface area contributed by atoms with Gasteiger partial charge in [0.05, 0.1) is 10.5 Å². The Hall–Kier alpha value is -2.04. The van der Waals surface area contributed by atoms with Crippen LogP contribution in [0.3, 0.4) is 0 Å². The van der Waals surface area contributed by atoms with E-state index in [-0.39, 0.29) is 10.8 Å². The number of hydrogen-bond acceptors (Lipinski definition) is 2. The smallest absolute Gasteiger partial charge is 0.141 e. The molecular formula is C27H29ClFNO2. The largest absolute Gasteiger partial charge is 0.508 e. The van der Waals surface area contributed by atoms with Crippen molar-refractivity contribution in [2.45, 2.75) is 57.3 Å². The minimum absolute atomic E-state index is 0.133. The van der Waals surface area contributed by atoms with Gasteiger partial charge in [-0.2, -0.15) is 0 Å². The van der Waals surface area contributed by atoms with E-state index in [1.807, 2.05) is 18.2 Å². The molecule has 1 aliphatic heterocycles. The summed E-state index contributed by atoms with van der Waals surface area (Å²) in [7, 11) is 0. The van der Waals surface area contributed by atoms with Crippen LogP contribution in [-0.2, 0) is 4.74 Å². The highest BCUT2D eigenvalue weighted by atomic mass is 35.5. The van der Waals surface area contributed by atoms with Gasteiger partial charge >= 0.3 is 0 Å².